The molecule has 0 amide bonds. The summed E-state index contributed by atoms with van der Waals surface area (Å²) < 4.78 is 2.02. The molecule has 0 bridgehead atoms. The quantitative estimate of drug-likeness (QED) is 0.703. The van der Waals surface area contributed by atoms with Gasteiger partial charge in [-0.3, -0.25) is 0 Å². The first-order chi connectivity index (χ1) is 6.66. The van der Waals surface area contributed by atoms with Crippen molar-refractivity contribution in [2.24, 2.45) is 0 Å². The van der Waals surface area contributed by atoms with Gasteiger partial charge >= 0.3 is 0 Å². The number of aryl methyl sites for hydroxylation is 2. The first kappa shape index (κ1) is 9.71. The van der Waals surface area contributed by atoms with Crippen LogP contribution in [0.15, 0.2) is 24.3 Å². The van der Waals surface area contributed by atoms with Crippen molar-refractivity contribution in [3.8, 4) is 0 Å². The molecule has 0 N–H and O–H groups in total. The molecule has 0 saturated carbocycles. The Morgan fingerprint density at radius 2 is 2.29 bits per heavy atom. The summed E-state index contributed by atoms with van der Waals surface area (Å²) in [5, 5.41) is 4.46. The summed E-state index contributed by atoms with van der Waals surface area (Å²) in [5.74, 6) is 0. The summed E-state index contributed by atoms with van der Waals surface area (Å²) in [4.78, 5) is 0.436. The molecule has 0 spiro atoms. The predicted octanol–water partition coefficient (Wildman–Crippen LogP) is 3.06. The number of alkyl halides is 1. The lowest BCUT2D eigenvalue weighted by Crippen LogP contribution is -2.08. The zero-order valence-corrected chi connectivity index (χ0v) is 9.95. The smallest absolute Gasteiger partial charge is 0.0600 e. The van der Waals surface area contributed by atoms with Gasteiger partial charge in [0, 0.05) is 22.6 Å². The number of rotatable bonds is 1. The minimum absolute atomic E-state index is 0.436. The molecule has 3 heteroatoms. The molecule has 1 unspecified atom stereocenters. The van der Waals surface area contributed by atoms with E-state index in [1.807, 2.05) is 11.6 Å². The van der Waals surface area contributed by atoms with Crippen LogP contribution in [0.1, 0.15) is 17.8 Å². The maximum absolute atomic E-state index is 4.46. The maximum atomic E-state index is 4.46. The van der Waals surface area contributed by atoms with Gasteiger partial charge in [0.15, 0.2) is 0 Å². The Labute approximate surface area is 92.4 Å². The molecule has 1 atom stereocenters. The van der Waals surface area contributed by atoms with Crippen molar-refractivity contribution in [1.29, 1.82) is 0 Å². The molecule has 1 aromatic heterocycles. The number of hydrogen-bond acceptors (Lipinski definition) is 1. The van der Waals surface area contributed by atoms with Crippen molar-refractivity contribution in [2.45, 2.75) is 25.1 Å². The average molecular weight is 253 g/mol. The largest absolute Gasteiger partial charge is 0.242 e. The monoisotopic (exact) mass is 252 g/mol. The minimum atomic E-state index is 0.436. The van der Waals surface area contributed by atoms with E-state index in [0.29, 0.717) is 4.83 Å². The Hall–Kier alpha value is -0.830. The van der Waals surface area contributed by atoms with E-state index >= 15 is 0 Å². The van der Waals surface area contributed by atoms with Gasteiger partial charge in [-0.2, -0.15) is 5.10 Å². The molecule has 1 heterocycles. The number of allylic oxidation sites excluding steroid dienone is 4. The molecular formula is C11H13BrN2. The zero-order chi connectivity index (χ0) is 10.1. The van der Waals surface area contributed by atoms with E-state index in [-0.39, 0.29) is 0 Å². The van der Waals surface area contributed by atoms with Crippen LogP contribution in [0.3, 0.4) is 0 Å². The van der Waals surface area contributed by atoms with E-state index in [9.17, 15) is 0 Å². The molecule has 1 aliphatic rings. The van der Waals surface area contributed by atoms with Crippen LogP contribution in [0.4, 0.5) is 0 Å². The van der Waals surface area contributed by atoms with Gasteiger partial charge in [-0.15, -0.1) is 0 Å². The summed E-state index contributed by atoms with van der Waals surface area (Å²) in [5.41, 5.74) is 3.52. The van der Waals surface area contributed by atoms with Gasteiger partial charge in [0.05, 0.1) is 5.69 Å². The molecule has 0 radical (unpaired) electrons. The third-order valence-corrected chi connectivity index (χ3v) is 2.92. The Bertz CT molecular complexity index is 401. The van der Waals surface area contributed by atoms with Crippen LogP contribution in [0.5, 0.6) is 0 Å². The van der Waals surface area contributed by atoms with Gasteiger partial charge in [-0.25, -0.2) is 4.68 Å². The highest BCUT2D eigenvalue weighted by Crippen LogP contribution is 2.23. The highest BCUT2D eigenvalue weighted by molar-refractivity contribution is 9.09. The first-order valence-corrected chi connectivity index (χ1v) is 5.63. The van der Waals surface area contributed by atoms with E-state index in [0.717, 1.165) is 12.1 Å². The van der Waals surface area contributed by atoms with Crippen LogP contribution in [0, 0.1) is 13.8 Å². The molecule has 0 saturated heterocycles. The van der Waals surface area contributed by atoms with Crippen LogP contribution in [-0.4, -0.2) is 14.6 Å². The van der Waals surface area contributed by atoms with E-state index < -0.39 is 0 Å². The first-order valence-electron chi connectivity index (χ1n) is 4.72. The van der Waals surface area contributed by atoms with Gasteiger partial charge in [-0.1, -0.05) is 28.1 Å². The molecule has 0 aliphatic heterocycles. The van der Waals surface area contributed by atoms with E-state index in [4.69, 9.17) is 0 Å². The topological polar surface area (TPSA) is 17.8 Å². The zero-order valence-electron chi connectivity index (χ0n) is 8.37. The fourth-order valence-electron chi connectivity index (χ4n) is 1.70. The summed E-state index contributed by atoms with van der Waals surface area (Å²) in [6, 6.07) is 2.10. The summed E-state index contributed by atoms with van der Waals surface area (Å²) in [6.07, 6.45) is 7.35. The van der Waals surface area contributed by atoms with Gasteiger partial charge in [0.25, 0.3) is 0 Å². The highest BCUT2D eigenvalue weighted by atomic mass is 79.9. The van der Waals surface area contributed by atoms with Crippen molar-refractivity contribution >= 4 is 21.6 Å². The third kappa shape index (κ3) is 1.82. The van der Waals surface area contributed by atoms with Crippen LogP contribution in [0.2, 0.25) is 0 Å². The molecule has 74 valence electrons. The average Bonchev–Trinajstić information content (AvgIpc) is 2.45. The lowest BCUT2D eigenvalue weighted by Gasteiger charge is -2.14. The summed E-state index contributed by atoms with van der Waals surface area (Å²) in [7, 11) is 0. The predicted molar refractivity (Wildman–Crippen MR) is 62.4 cm³/mol. The Morgan fingerprint density at radius 1 is 1.50 bits per heavy atom. The second-order valence-electron chi connectivity index (χ2n) is 3.60. The molecule has 14 heavy (non-hydrogen) atoms. The maximum Gasteiger partial charge on any atom is 0.0600 e. The Balaban J connectivity index is 2.35. The van der Waals surface area contributed by atoms with Gasteiger partial charge in [0.1, 0.15) is 0 Å². The molecule has 2 nitrogen and oxygen atoms in total. The van der Waals surface area contributed by atoms with Gasteiger partial charge in [0.2, 0.25) is 0 Å². The van der Waals surface area contributed by atoms with Gasteiger partial charge in [-0.05, 0) is 26.0 Å². The second-order valence-corrected chi connectivity index (χ2v) is 4.78. The van der Waals surface area contributed by atoms with Crippen molar-refractivity contribution < 1.29 is 0 Å². The van der Waals surface area contributed by atoms with Crippen LogP contribution >= 0.6 is 15.9 Å². The lowest BCUT2D eigenvalue weighted by atomic mass is 10.1. The van der Waals surface area contributed by atoms with Crippen molar-refractivity contribution in [1.82, 2.24) is 9.78 Å². The number of aromatic nitrogens is 2. The molecule has 1 aliphatic carbocycles. The van der Waals surface area contributed by atoms with E-state index in [1.54, 1.807) is 0 Å². The third-order valence-electron chi connectivity index (χ3n) is 2.29. The fraction of sp³-hybridized carbons (Fsp3) is 0.364. The van der Waals surface area contributed by atoms with E-state index in [2.05, 4.69) is 52.2 Å². The van der Waals surface area contributed by atoms with Crippen molar-refractivity contribution in [3.63, 3.8) is 0 Å². The lowest BCUT2D eigenvalue weighted by molar-refractivity contribution is 0.810. The standard InChI is InChI=1S/C11H13BrN2/c1-8-6-9(2)14(13-8)11-5-3-4-10(12)7-11/h3-6,10H,7H2,1-2H3. The summed E-state index contributed by atoms with van der Waals surface area (Å²) >= 11 is 3.59. The molecule has 0 aromatic carbocycles. The van der Waals surface area contributed by atoms with Crippen molar-refractivity contribution in [2.75, 3.05) is 0 Å². The van der Waals surface area contributed by atoms with Crippen LogP contribution in [-0.2, 0) is 0 Å². The van der Waals surface area contributed by atoms with Crippen LogP contribution in [0.25, 0.3) is 5.70 Å². The number of hydrogen-bond donors (Lipinski definition) is 0. The molecule has 2 rings (SSSR count). The van der Waals surface area contributed by atoms with Crippen LogP contribution < -0.4 is 0 Å². The molecule has 0 fully saturated rings. The fourth-order valence-corrected chi connectivity index (χ4v) is 2.21. The minimum Gasteiger partial charge on any atom is -0.242 e. The normalized spacial score (nSPS) is 21.1. The van der Waals surface area contributed by atoms with Gasteiger partial charge < -0.3 is 0 Å². The number of halogens is 1. The molecule has 1 aromatic rings. The Kier molecular flexibility index (Phi) is 2.59. The SMILES string of the molecule is Cc1cc(C)n(C2=CC=CC(Br)C2)n1. The summed E-state index contributed by atoms with van der Waals surface area (Å²) in [6.45, 7) is 4.11. The second kappa shape index (κ2) is 3.73. The number of nitrogens with zero attached hydrogens (tertiary/aromatic N) is 2. The van der Waals surface area contributed by atoms with Crippen molar-refractivity contribution in [3.05, 3.63) is 35.7 Å². The highest BCUT2D eigenvalue weighted by Gasteiger charge is 2.12. The Morgan fingerprint density at radius 3 is 2.86 bits per heavy atom. The molecular weight excluding hydrogens is 240 g/mol. The van der Waals surface area contributed by atoms with E-state index in [1.165, 1.54) is 11.4 Å².